The van der Waals surface area contributed by atoms with E-state index in [0.717, 1.165) is 36.0 Å². The Morgan fingerprint density at radius 2 is 2.12 bits per heavy atom. The lowest BCUT2D eigenvalue weighted by molar-refractivity contribution is 0.335. The second kappa shape index (κ2) is 7.40. The molecule has 2 aromatic heterocycles. The molecule has 0 fully saturated rings. The highest BCUT2D eigenvalue weighted by atomic mass is 16.5. The van der Waals surface area contributed by atoms with Crippen molar-refractivity contribution in [2.45, 2.75) is 39.3 Å². The fourth-order valence-corrected chi connectivity index (χ4v) is 2.65. The molecular formula is C18H22N4O2. The number of benzene rings is 1. The lowest BCUT2D eigenvalue weighted by Crippen LogP contribution is -2.24. The van der Waals surface area contributed by atoms with E-state index >= 15 is 0 Å². The van der Waals surface area contributed by atoms with Crippen molar-refractivity contribution >= 4 is 10.8 Å². The largest absolute Gasteiger partial charge is 0.338 e. The maximum atomic E-state index is 12.4. The van der Waals surface area contributed by atoms with E-state index < -0.39 is 0 Å². The number of nitrogens with zero attached hydrogens (tertiary/aromatic N) is 3. The molecule has 1 N–H and O–H groups in total. The first-order valence-corrected chi connectivity index (χ1v) is 8.33. The van der Waals surface area contributed by atoms with Crippen LogP contribution in [0.3, 0.4) is 0 Å². The van der Waals surface area contributed by atoms with Crippen molar-refractivity contribution in [1.82, 2.24) is 20.0 Å². The Hall–Kier alpha value is -2.47. The molecule has 2 heterocycles. The zero-order chi connectivity index (χ0) is 16.9. The zero-order valence-electron chi connectivity index (χ0n) is 14.0. The van der Waals surface area contributed by atoms with Gasteiger partial charge in [-0.3, -0.25) is 4.79 Å². The normalized spacial score (nSPS) is 12.6. The van der Waals surface area contributed by atoms with E-state index in [0.29, 0.717) is 12.4 Å². The van der Waals surface area contributed by atoms with Crippen molar-refractivity contribution in [3.63, 3.8) is 0 Å². The molecule has 1 aromatic carbocycles. The number of aromatic nitrogens is 3. The van der Waals surface area contributed by atoms with Crippen LogP contribution < -0.4 is 10.9 Å². The molecule has 0 aliphatic heterocycles. The molecule has 3 rings (SSSR count). The summed E-state index contributed by atoms with van der Waals surface area (Å²) in [5.41, 5.74) is 0.0608. The van der Waals surface area contributed by atoms with Crippen molar-refractivity contribution in [1.29, 1.82) is 0 Å². The predicted octanol–water partition coefficient (Wildman–Crippen LogP) is 2.69. The second-order valence-electron chi connectivity index (χ2n) is 5.83. The summed E-state index contributed by atoms with van der Waals surface area (Å²) in [6.07, 6.45) is 3.47. The standard InChI is InChI=1S/C18H22N4O2/c1-3-16-20-17(24-21-16)13(2)19-10-6-11-22-12-9-14-7-4-5-8-15(14)18(22)23/h4-5,7-9,12-13,19H,3,6,10-11H2,1-2H3. The van der Waals surface area contributed by atoms with Gasteiger partial charge in [0.15, 0.2) is 5.82 Å². The van der Waals surface area contributed by atoms with Gasteiger partial charge in [-0.1, -0.05) is 30.3 Å². The van der Waals surface area contributed by atoms with Crippen LogP contribution in [0.25, 0.3) is 10.8 Å². The van der Waals surface area contributed by atoms with Gasteiger partial charge in [-0.05, 0) is 37.4 Å². The first kappa shape index (κ1) is 16.4. The number of pyridine rings is 1. The number of hydrogen-bond acceptors (Lipinski definition) is 5. The van der Waals surface area contributed by atoms with Gasteiger partial charge in [0.2, 0.25) is 5.89 Å². The van der Waals surface area contributed by atoms with Gasteiger partial charge >= 0.3 is 0 Å². The summed E-state index contributed by atoms with van der Waals surface area (Å²) in [5.74, 6) is 1.33. The number of hydrogen-bond donors (Lipinski definition) is 1. The molecule has 0 bridgehead atoms. The summed E-state index contributed by atoms with van der Waals surface area (Å²) < 4.78 is 6.98. The monoisotopic (exact) mass is 326 g/mol. The average molecular weight is 326 g/mol. The summed E-state index contributed by atoms with van der Waals surface area (Å²) in [4.78, 5) is 16.7. The Labute approximate surface area is 140 Å². The Morgan fingerprint density at radius 3 is 2.92 bits per heavy atom. The van der Waals surface area contributed by atoms with Crippen LogP contribution in [-0.4, -0.2) is 21.3 Å². The minimum atomic E-state index is 0.00567. The van der Waals surface area contributed by atoms with E-state index in [-0.39, 0.29) is 11.6 Å². The SMILES string of the molecule is CCc1noc(C(C)NCCCn2ccc3ccccc3c2=O)n1. The van der Waals surface area contributed by atoms with Crippen molar-refractivity contribution in [2.24, 2.45) is 0 Å². The number of aryl methyl sites for hydroxylation is 2. The average Bonchev–Trinajstić information content (AvgIpc) is 3.10. The van der Waals surface area contributed by atoms with Gasteiger partial charge in [0.25, 0.3) is 5.56 Å². The summed E-state index contributed by atoms with van der Waals surface area (Å²) in [7, 11) is 0. The van der Waals surface area contributed by atoms with Crippen molar-refractivity contribution in [2.75, 3.05) is 6.54 Å². The van der Waals surface area contributed by atoms with Crippen LogP contribution in [0.2, 0.25) is 0 Å². The first-order chi connectivity index (χ1) is 11.7. The van der Waals surface area contributed by atoms with Crippen LogP contribution in [0.1, 0.15) is 38.0 Å². The minimum Gasteiger partial charge on any atom is -0.338 e. The predicted molar refractivity (Wildman–Crippen MR) is 92.9 cm³/mol. The fourth-order valence-electron chi connectivity index (χ4n) is 2.65. The van der Waals surface area contributed by atoms with Crippen molar-refractivity contribution < 1.29 is 4.52 Å². The molecule has 0 saturated carbocycles. The molecule has 6 nitrogen and oxygen atoms in total. The van der Waals surface area contributed by atoms with Crippen molar-refractivity contribution in [3.05, 3.63) is 58.6 Å². The topological polar surface area (TPSA) is 73.0 Å². The Balaban J connectivity index is 1.55. The molecule has 0 amide bonds. The van der Waals surface area contributed by atoms with E-state index in [9.17, 15) is 4.79 Å². The molecule has 0 aliphatic rings. The summed E-state index contributed by atoms with van der Waals surface area (Å²) in [6.45, 7) is 5.43. The molecule has 3 aromatic rings. The highest BCUT2D eigenvalue weighted by Crippen LogP contribution is 2.10. The molecule has 0 aliphatic carbocycles. The molecule has 6 heteroatoms. The van der Waals surface area contributed by atoms with Gasteiger partial charge in [0.1, 0.15) is 0 Å². The van der Waals surface area contributed by atoms with Crippen molar-refractivity contribution in [3.8, 4) is 0 Å². The lowest BCUT2D eigenvalue weighted by atomic mass is 10.2. The summed E-state index contributed by atoms with van der Waals surface area (Å²) >= 11 is 0. The van der Waals surface area contributed by atoms with Gasteiger partial charge in [-0.15, -0.1) is 0 Å². The van der Waals surface area contributed by atoms with Gasteiger partial charge < -0.3 is 14.4 Å². The second-order valence-corrected chi connectivity index (χ2v) is 5.83. The van der Waals surface area contributed by atoms with Crippen LogP contribution >= 0.6 is 0 Å². The number of rotatable bonds is 7. The molecule has 0 saturated heterocycles. The molecule has 24 heavy (non-hydrogen) atoms. The van der Waals surface area contributed by atoms with Crippen LogP contribution in [0.15, 0.2) is 45.8 Å². The minimum absolute atomic E-state index is 0.00567. The van der Waals surface area contributed by atoms with E-state index in [2.05, 4.69) is 15.5 Å². The first-order valence-electron chi connectivity index (χ1n) is 8.33. The molecule has 0 spiro atoms. The van der Waals surface area contributed by atoms with Crippen LogP contribution in [0, 0.1) is 0 Å². The van der Waals surface area contributed by atoms with E-state index in [4.69, 9.17) is 4.52 Å². The van der Waals surface area contributed by atoms with E-state index in [1.54, 1.807) is 4.57 Å². The molecule has 0 radical (unpaired) electrons. The number of fused-ring (bicyclic) bond motifs is 1. The summed E-state index contributed by atoms with van der Waals surface area (Å²) in [6, 6.07) is 9.66. The van der Waals surface area contributed by atoms with Gasteiger partial charge in [0, 0.05) is 24.5 Å². The maximum absolute atomic E-state index is 12.4. The lowest BCUT2D eigenvalue weighted by Gasteiger charge is -2.11. The van der Waals surface area contributed by atoms with E-state index in [1.165, 1.54) is 0 Å². The molecular weight excluding hydrogens is 304 g/mol. The van der Waals surface area contributed by atoms with Gasteiger partial charge in [0.05, 0.1) is 6.04 Å². The quantitative estimate of drug-likeness (QED) is 0.676. The Bertz CT molecular complexity index is 869. The Morgan fingerprint density at radius 1 is 1.29 bits per heavy atom. The third-order valence-electron chi connectivity index (χ3n) is 4.08. The van der Waals surface area contributed by atoms with Gasteiger partial charge in [-0.25, -0.2) is 0 Å². The molecule has 126 valence electrons. The smallest absolute Gasteiger partial charge is 0.258 e. The van der Waals surface area contributed by atoms with Crippen LogP contribution in [0.4, 0.5) is 0 Å². The van der Waals surface area contributed by atoms with Crippen LogP contribution in [0.5, 0.6) is 0 Å². The van der Waals surface area contributed by atoms with Gasteiger partial charge in [-0.2, -0.15) is 4.98 Å². The summed E-state index contributed by atoms with van der Waals surface area (Å²) in [5, 5.41) is 9.00. The molecule has 1 atom stereocenters. The van der Waals surface area contributed by atoms with E-state index in [1.807, 2.05) is 50.4 Å². The van der Waals surface area contributed by atoms with Crippen LogP contribution in [-0.2, 0) is 13.0 Å². The third-order valence-corrected chi connectivity index (χ3v) is 4.08. The number of nitrogens with one attached hydrogen (secondary N) is 1. The Kier molecular flexibility index (Phi) is 5.05. The fraction of sp³-hybridized carbons (Fsp3) is 0.389. The third kappa shape index (κ3) is 3.54. The molecule has 1 unspecified atom stereocenters. The highest BCUT2D eigenvalue weighted by molar-refractivity contribution is 5.81. The highest BCUT2D eigenvalue weighted by Gasteiger charge is 2.12. The maximum Gasteiger partial charge on any atom is 0.258 e. The zero-order valence-corrected chi connectivity index (χ0v) is 14.0.